The zero-order valence-electron chi connectivity index (χ0n) is 9.32. The number of halogens is 1. The Kier molecular flexibility index (Phi) is 4.43. The molecule has 2 nitrogen and oxygen atoms in total. The third-order valence-corrected chi connectivity index (χ3v) is 3.41. The topological polar surface area (TPSA) is 15.3 Å². The predicted molar refractivity (Wildman–Crippen MR) is 60.0 cm³/mol. The van der Waals surface area contributed by atoms with E-state index in [0.717, 1.165) is 6.54 Å². The predicted octanol–water partition coefficient (Wildman–Crippen LogP) is 2.40. The van der Waals surface area contributed by atoms with Crippen molar-refractivity contribution in [1.29, 1.82) is 0 Å². The minimum Gasteiger partial charge on any atom is -0.306 e. The Balaban J connectivity index is 4.49. The molecule has 0 aliphatic heterocycles. The fraction of sp³-hybridized carbons (Fsp3) is 0.800. The fourth-order valence-electron chi connectivity index (χ4n) is 0.929. The summed E-state index contributed by atoms with van der Waals surface area (Å²) < 4.78 is 1.71. The van der Waals surface area contributed by atoms with Crippen LogP contribution in [0.1, 0.15) is 27.7 Å². The number of likely N-dealkylation sites (N-methyl/N-ethyl adjacent to an activating group) is 1. The molecule has 0 bridgehead atoms. The second kappa shape index (κ2) is 4.45. The van der Waals surface area contributed by atoms with Crippen molar-refractivity contribution in [2.45, 2.75) is 38.8 Å². The lowest BCUT2D eigenvalue weighted by Gasteiger charge is -2.45. The molecule has 0 saturated carbocycles. The SMILES string of the molecule is C=CCNC(C)(C)C(C)(C)N(C)Cl. The molecule has 3 heteroatoms. The first kappa shape index (κ1) is 12.9. The second-order valence-electron chi connectivity index (χ2n) is 4.33. The molecule has 13 heavy (non-hydrogen) atoms. The Labute approximate surface area is 87.1 Å². The third kappa shape index (κ3) is 2.97. The minimum absolute atomic E-state index is 0.0578. The maximum atomic E-state index is 6.00. The van der Waals surface area contributed by atoms with Crippen molar-refractivity contribution in [3.05, 3.63) is 12.7 Å². The van der Waals surface area contributed by atoms with Crippen LogP contribution in [0.4, 0.5) is 0 Å². The monoisotopic (exact) mass is 204 g/mol. The quantitative estimate of drug-likeness (QED) is 0.547. The minimum atomic E-state index is -0.114. The summed E-state index contributed by atoms with van der Waals surface area (Å²) in [7, 11) is 1.87. The van der Waals surface area contributed by atoms with Crippen molar-refractivity contribution in [2.24, 2.45) is 0 Å². The first-order valence-electron chi connectivity index (χ1n) is 4.51. The first-order valence-corrected chi connectivity index (χ1v) is 4.85. The molecule has 0 heterocycles. The van der Waals surface area contributed by atoms with E-state index < -0.39 is 0 Å². The molecule has 0 aliphatic carbocycles. The number of hydrogen-bond acceptors (Lipinski definition) is 2. The van der Waals surface area contributed by atoms with Gasteiger partial charge >= 0.3 is 0 Å². The zero-order chi connectivity index (χ0) is 10.7. The summed E-state index contributed by atoms with van der Waals surface area (Å²) in [4.78, 5) is 0. The number of rotatable bonds is 5. The zero-order valence-corrected chi connectivity index (χ0v) is 10.1. The Morgan fingerprint density at radius 3 is 2.15 bits per heavy atom. The van der Waals surface area contributed by atoms with E-state index in [-0.39, 0.29) is 11.1 Å². The highest BCUT2D eigenvalue weighted by Crippen LogP contribution is 2.27. The lowest BCUT2D eigenvalue weighted by Crippen LogP contribution is -2.61. The highest BCUT2D eigenvalue weighted by Gasteiger charge is 2.39. The molecule has 0 aliphatic rings. The van der Waals surface area contributed by atoms with Gasteiger partial charge in [0.25, 0.3) is 0 Å². The molecule has 0 atom stereocenters. The average Bonchev–Trinajstić information content (AvgIpc) is 2.00. The summed E-state index contributed by atoms with van der Waals surface area (Å²) in [6.07, 6.45) is 1.85. The molecule has 78 valence electrons. The molecular weight excluding hydrogens is 184 g/mol. The van der Waals surface area contributed by atoms with E-state index in [4.69, 9.17) is 11.8 Å². The fourth-order valence-corrected chi connectivity index (χ4v) is 1.14. The van der Waals surface area contributed by atoms with Crippen LogP contribution in [0.15, 0.2) is 12.7 Å². The Morgan fingerprint density at radius 2 is 1.85 bits per heavy atom. The smallest absolute Gasteiger partial charge is 0.0478 e. The molecule has 0 rings (SSSR count). The van der Waals surface area contributed by atoms with Gasteiger partial charge in [-0.3, -0.25) is 0 Å². The van der Waals surface area contributed by atoms with Gasteiger partial charge in [0, 0.05) is 24.7 Å². The van der Waals surface area contributed by atoms with Gasteiger partial charge in [-0.05, 0) is 39.5 Å². The van der Waals surface area contributed by atoms with E-state index in [2.05, 4.69) is 39.6 Å². The van der Waals surface area contributed by atoms with E-state index in [0.29, 0.717) is 0 Å². The van der Waals surface area contributed by atoms with Crippen LogP contribution in [0, 0.1) is 0 Å². The van der Waals surface area contributed by atoms with E-state index in [1.807, 2.05) is 13.1 Å². The third-order valence-electron chi connectivity index (χ3n) is 2.99. The molecule has 0 aromatic rings. The van der Waals surface area contributed by atoms with Gasteiger partial charge in [0.2, 0.25) is 0 Å². The Hall–Kier alpha value is -0.0500. The van der Waals surface area contributed by atoms with Gasteiger partial charge in [-0.25, -0.2) is 4.42 Å². The van der Waals surface area contributed by atoms with Gasteiger partial charge in [-0.15, -0.1) is 6.58 Å². The van der Waals surface area contributed by atoms with Crippen LogP contribution in [0.25, 0.3) is 0 Å². The normalized spacial score (nSPS) is 13.5. The highest BCUT2D eigenvalue weighted by molar-refractivity contribution is 6.13. The highest BCUT2D eigenvalue weighted by atomic mass is 35.5. The van der Waals surface area contributed by atoms with Gasteiger partial charge in [0.15, 0.2) is 0 Å². The molecule has 0 unspecified atom stereocenters. The molecular formula is C10H21ClN2. The molecule has 0 spiro atoms. The van der Waals surface area contributed by atoms with Crippen LogP contribution in [-0.2, 0) is 0 Å². The van der Waals surface area contributed by atoms with E-state index in [1.165, 1.54) is 0 Å². The molecule has 0 radical (unpaired) electrons. The first-order chi connectivity index (χ1) is 5.75. The number of nitrogens with zero attached hydrogens (tertiary/aromatic N) is 1. The van der Waals surface area contributed by atoms with Crippen molar-refractivity contribution in [1.82, 2.24) is 9.74 Å². The molecule has 0 aromatic carbocycles. The lowest BCUT2D eigenvalue weighted by molar-refractivity contribution is 0.135. The summed E-state index contributed by atoms with van der Waals surface area (Å²) in [6, 6.07) is 0. The van der Waals surface area contributed by atoms with Crippen LogP contribution in [-0.4, -0.2) is 29.1 Å². The lowest BCUT2D eigenvalue weighted by atomic mass is 9.82. The van der Waals surface area contributed by atoms with Crippen molar-refractivity contribution in [3.63, 3.8) is 0 Å². The van der Waals surface area contributed by atoms with Gasteiger partial charge in [-0.1, -0.05) is 6.08 Å². The van der Waals surface area contributed by atoms with Crippen molar-refractivity contribution >= 4 is 11.8 Å². The van der Waals surface area contributed by atoms with Gasteiger partial charge in [0.1, 0.15) is 0 Å². The Morgan fingerprint density at radius 1 is 1.38 bits per heavy atom. The van der Waals surface area contributed by atoms with Gasteiger partial charge < -0.3 is 5.32 Å². The second-order valence-corrected chi connectivity index (χ2v) is 4.84. The largest absolute Gasteiger partial charge is 0.306 e. The van der Waals surface area contributed by atoms with Crippen LogP contribution in [0.2, 0.25) is 0 Å². The van der Waals surface area contributed by atoms with Crippen molar-refractivity contribution in [3.8, 4) is 0 Å². The van der Waals surface area contributed by atoms with Crippen LogP contribution >= 0.6 is 11.8 Å². The van der Waals surface area contributed by atoms with E-state index in [1.54, 1.807) is 4.42 Å². The number of nitrogens with one attached hydrogen (secondary N) is 1. The van der Waals surface area contributed by atoms with Crippen molar-refractivity contribution in [2.75, 3.05) is 13.6 Å². The van der Waals surface area contributed by atoms with Gasteiger partial charge in [0.05, 0.1) is 0 Å². The van der Waals surface area contributed by atoms with Crippen LogP contribution in [0.5, 0.6) is 0 Å². The summed E-state index contributed by atoms with van der Waals surface area (Å²) in [5.74, 6) is 0. The standard InChI is InChI=1S/C10H21ClN2/c1-7-8-12-9(2,3)10(4,5)13(6)11/h7,12H,1,8H2,2-6H3. The maximum Gasteiger partial charge on any atom is 0.0478 e. The van der Waals surface area contributed by atoms with Crippen LogP contribution < -0.4 is 5.32 Å². The summed E-state index contributed by atoms with van der Waals surface area (Å²) in [5, 5.41) is 3.39. The van der Waals surface area contributed by atoms with Crippen LogP contribution in [0.3, 0.4) is 0 Å². The molecule has 1 N–H and O–H groups in total. The molecule has 0 saturated heterocycles. The van der Waals surface area contributed by atoms with Gasteiger partial charge in [-0.2, -0.15) is 0 Å². The van der Waals surface area contributed by atoms with E-state index >= 15 is 0 Å². The van der Waals surface area contributed by atoms with E-state index in [9.17, 15) is 0 Å². The van der Waals surface area contributed by atoms with Crippen molar-refractivity contribution < 1.29 is 0 Å². The summed E-state index contributed by atoms with van der Waals surface area (Å²) in [5.41, 5.74) is -0.171. The average molecular weight is 205 g/mol. The summed E-state index contributed by atoms with van der Waals surface area (Å²) >= 11 is 6.00. The maximum absolute atomic E-state index is 6.00. The molecule has 0 amide bonds. The molecule has 0 aromatic heterocycles. The number of hydrogen-bond donors (Lipinski definition) is 1. The molecule has 0 fully saturated rings. The summed E-state index contributed by atoms with van der Waals surface area (Å²) in [6.45, 7) is 13.0. The Bertz CT molecular complexity index is 174.